The number of rotatable bonds is 8. The molecule has 1 aromatic heterocycles. The van der Waals surface area contributed by atoms with E-state index in [-0.39, 0.29) is 17.2 Å². The SMILES string of the molecule is COc1cc(OCC(=O)OCC(=O)Nc2nc(C)cs2)ccc1[N+](=O)[O-]. The Morgan fingerprint density at radius 2 is 2.12 bits per heavy atom. The molecule has 11 heteroatoms. The lowest BCUT2D eigenvalue weighted by Gasteiger charge is -2.08. The third-order valence-electron chi connectivity index (χ3n) is 2.93. The van der Waals surface area contributed by atoms with Gasteiger partial charge in [-0.3, -0.25) is 20.2 Å². The molecule has 1 aromatic carbocycles. The molecule has 0 spiro atoms. The second-order valence-electron chi connectivity index (χ2n) is 4.88. The second kappa shape index (κ2) is 8.76. The summed E-state index contributed by atoms with van der Waals surface area (Å²) in [6, 6.07) is 3.80. The minimum Gasteiger partial charge on any atom is -0.490 e. The number of nitro benzene ring substituents is 1. The van der Waals surface area contributed by atoms with Gasteiger partial charge in [0, 0.05) is 17.5 Å². The molecule has 1 heterocycles. The summed E-state index contributed by atoms with van der Waals surface area (Å²) in [6.07, 6.45) is 0. The van der Waals surface area contributed by atoms with Crippen LogP contribution in [0.5, 0.6) is 11.5 Å². The van der Waals surface area contributed by atoms with E-state index in [4.69, 9.17) is 14.2 Å². The highest BCUT2D eigenvalue weighted by atomic mass is 32.1. The summed E-state index contributed by atoms with van der Waals surface area (Å²) in [5, 5.41) is 15.5. The lowest BCUT2D eigenvalue weighted by atomic mass is 10.3. The number of nitrogens with zero attached hydrogens (tertiary/aromatic N) is 2. The van der Waals surface area contributed by atoms with Gasteiger partial charge in [-0.1, -0.05) is 0 Å². The predicted octanol–water partition coefficient (Wildman–Crippen LogP) is 1.93. The highest BCUT2D eigenvalue weighted by Crippen LogP contribution is 2.30. The maximum absolute atomic E-state index is 11.6. The van der Waals surface area contributed by atoms with Crippen LogP contribution in [0, 0.1) is 17.0 Å². The first kappa shape index (κ1) is 19.1. The highest BCUT2D eigenvalue weighted by molar-refractivity contribution is 7.13. The Hall–Kier alpha value is -3.21. The van der Waals surface area contributed by atoms with E-state index >= 15 is 0 Å². The molecule has 2 rings (SSSR count). The zero-order valence-electron chi connectivity index (χ0n) is 13.9. The summed E-state index contributed by atoms with van der Waals surface area (Å²) in [6.45, 7) is 0.839. The number of nitrogens with one attached hydrogen (secondary N) is 1. The van der Waals surface area contributed by atoms with Gasteiger partial charge < -0.3 is 14.2 Å². The van der Waals surface area contributed by atoms with Crippen LogP contribution in [0.3, 0.4) is 0 Å². The summed E-state index contributed by atoms with van der Waals surface area (Å²) in [4.78, 5) is 37.5. The number of amides is 1. The lowest BCUT2D eigenvalue weighted by Crippen LogP contribution is -2.23. The summed E-state index contributed by atoms with van der Waals surface area (Å²) >= 11 is 1.26. The minimum atomic E-state index is -0.771. The fourth-order valence-corrected chi connectivity index (χ4v) is 2.50. The number of methoxy groups -OCH3 is 1. The van der Waals surface area contributed by atoms with E-state index in [1.54, 1.807) is 12.3 Å². The number of carbonyl (C=O) groups is 2. The molecular formula is C15H15N3O7S. The van der Waals surface area contributed by atoms with Crippen molar-refractivity contribution in [1.29, 1.82) is 0 Å². The van der Waals surface area contributed by atoms with Crippen LogP contribution in [0.1, 0.15) is 5.69 Å². The number of hydrogen-bond acceptors (Lipinski definition) is 9. The molecule has 138 valence electrons. The Morgan fingerprint density at radius 3 is 2.73 bits per heavy atom. The van der Waals surface area contributed by atoms with Crippen molar-refractivity contribution in [3.8, 4) is 11.5 Å². The molecule has 26 heavy (non-hydrogen) atoms. The van der Waals surface area contributed by atoms with Crippen molar-refractivity contribution in [2.45, 2.75) is 6.92 Å². The summed E-state index contributed by atoms with van der Waals surface area (Å²) in [7, 11) is 1.28. The number of hydrogen-bond donors (Lipinski definition) is 1. The number of benzene rings is 1. The van der Waals surface area contributed by atoms with Gasteiger partial charge in [0.25, 0.3) is 5.91 Å². The van der Waals surface area contributed by atoms with E-state index in [2.05, 4.69) is 10.3 Å². The maximum atomic E-state index is 11.6. The third-order valence-corrected chi connectivity index (χ3v) is 3.81. The Kier molecular flexibility index (Phi) is 6.44. The fourth-order valence-electron chi connectivity index (χ4n) is 1.80. The van der Waals surface area contributed by atoms with E-state index < -0.39 is 30.0 Å². The minimum absolute atomic E-state index is 0.000939. The molecule has 1 N–H and O–H groups in total. The number of nitro groups is 1. The normalized spacial score (nSPS) is 10.1. The fraction of sp³-hybridized carbons (Fsp3) is 0.267. The largest absolute Gasteiger partial charge is 0.490 e. The zero-order chi connectivity index (χ0) is 19.1. The van der Waals surface area contributed by atoms with Crippen molar-refractivity contribution in [2.24, 2.45) is 0 Å². The number of aromatic nitrogens is 1. The lowest BCUT2D eigenvalue weighted by molar-refractivity contribution is -0.385. The van der Waals surface area contributed by atoms with E-state index in [0.717, 1.165) is 5.69 Å². The van der Waals surface area contributed by atoms with Crippen LogP contribution in [0.25, 0.3) is 0 Å². The molecule has 0 bridgehead atoms. The van der Waals surface area contributed by atoms with Crippen molar-refractivity contribution in [1.82, 2.24) is 4.98 Å². The molecule has 0 saturated heterocycles. The molecule has 0 fully saturated rings. The molecule has 0 radical (unpaired) electrons. The third kappa shape index (κ3) is 5.41. The van der Waals surface area contributed by atoms with Crippen molar-refractivity contribution < 1.29 is 28.7 Å². The number of esters is 1. The highest BCUT2D eigenvalue weighted by Gasteiger charge is 2.16. The van der Waals surface area contributed by atoms with Crippen molar-refractivity contribution >= 4 is 34.0 Å². The second-order valence-corrected chi connectivity index (χ2v) is 5.74. The van der Waals surface area contributed by atoms with Gasteiger partial charge in [0.1, 0.15) is 5.75 Å². The smallest absolute Gasteiger partial charge is 0.344 e. The average molecular weight is 381 g/mol. The molecule has 0 saturated carbocycles. The van der Waals surface area contributed by atoms with E-state index in [9.17, 15) is 19.7 Å². The van der Waals surface area contributed by atoms with Gasteiger partial charge in [0.2, 0.25) is 5.75 Å². The average Bonchev–Trinajstić information content (AvgIpc) is 3.02. The van der Waals surface area contributed by atoms with Gasteiger partial charge in [0.05, 0.1) is 17.7 Å². The van der Waals surface area contributed by atoms with Gasteiger partial charge in [0.15, 0.2) is 18.3 Å². The molecule has 0 aliphatic rings. The molecule has 1 amide bonds. The van der Waals surface area contributed by atoms with E-state index in [1.165, 1.54) is 36.6 Å². The van der Waals surface area contributed by atoms with Crippen LogP contribution >= 0.6 is 11.3 Å². The van der Waals surface area contributed by atoms with Gasteiger partial charge in [-0.2, -0.15) is 0 Å². The van der Waals surface area contributed by atoms with Gasteiger partial charge in [-0.05, 0) is 13.0 Å². The van der Waals surface area contributed by atoms with Gasteiger partial charge in [-0.15, -0.1) is 11.3 Å². The number of ether oxygens (including phenoxy) is 3. The number of thiazole rings is 1. The van der Waals surface area contributed by atoms with Crippen LogP contribution in [0.2, 0.25) is 0 Å². The predicted molar refractivity (Wildman–Crippen MR) is 91.6 cm³/mol. The van der Waals surface area contributed by atoms with E-state index in [1.807, 2.05) is 0 Å². The first-order chi connectivity index (χ1) is 12.4. The molecule has 2 aromatic rings. The summed E-state index contributed by atoms with van der Waals surface area (Å²) < 4.78 is 14.9. The van der Waals surface area contributed by atoms with Crippen molar-refractivity contribution in [3.05, 3.63) is 39.4 Å². The first-order valence-electron chi connectivity index (χ1n) is 7.22. The standard InChI is InChI=1S/C15H15N3O7S/c1-9-8-26-15(16-9)17-13(19)6-25-14(20)7-24-10-3-4-11(18(21)22)12(5-10)23-2/h3-5,8H,6-7H2,1-2H3,(H,16,17,19). The quantitative estimate of drug-likeness (QED) is 0.417. The van der Waals surface area contributed by atoms with Crippen molar-refractivity contribution in [3.63, 3.8) is 0 Å². The molecule has 0 atom stereocenters. The molecule has 10 nitrogen and oxygen atoms in total. The number of aryl methyl sites for hydroxylation is 1. The van der Waals surface area contributed by atoms with E-state index in [0.29, 0.717) is 5.13 Å². The monoisotopic (exact) mass is 381 g/mol. The number of anilines is 1. The van der Waals surface area contributed by atoms with Gasteiger partial charge >= 0.3 is 11.7 Å². The molecule has 0 aliphatic carbocycles. The molecule has 0 aliphatic heterocycles. The van der Waals surface area contributed by atoms with Crippen LogP contribution in [0.4, 0.5) is 10.8 Å². The molecular weight excluding hydrogens is 366 g/mol. The Labute approximate surface area is 151 Å². The first-order valence-corrected chi connectivity index (χ1v) is 8.10. The zero-order valence-corrected chi connectivity index (χ0v) is 14.7. The summed E-state index contributed by atoms with van der Waals surface area (Å²) in [5.74, 6) is -1.11. The van der Waals surface area contributed by atoms with Gasteiger partial charge in [-0.25, -0.2) is 9.78 Å². The van der Waals surface area contributed by atoms with Crippen LogP contribution < -0.4 is 14.8 Å². The Morgan fingerprint density at radius 1 is 1.35 bits per heavy atom. The summed E-state index contributed by atoms with van der Waals surface area (Å²) in [5.41, 5.74) is 0.547. The Balaban J connectivity index is 1.79. The maximum Gasteiger partial charge on any atom is 0.344 e. The molecule has 0 unspecified atom stereocenters. The number of carbonyl (C=O) groups excluding carboxylic acids is 2. The topological polar surface area (TPSA) is 130 Å². The van der Waals surface area contributed by atoms with Crippen LogP contribution in [0.15, 0.2) is 23.6 Å². The Bertz CT molecular complexity index is 821. The van der Waals surface area contributed by atoms with Crippen LogP contribution in [-0.2, 0) is 14.3 Å². The van der Waals surface area contributed by atoms with Crippen LogP contribution in [-0.4, -0.2) is 42.1 Å². The van der Waals surface area contributed by atoms with Crippen molar-refractivity contribution in [2.75, 3.05) is 25.6 Å².